The van der Waals surface area contributed by atoms with Gasteiger partial charge in [0.05, 0.1) is 28.6 Å². The van der Waals surface area contributed by atoms with Crippen molar-refractivity contribution < 1.29 is 23.5 Å². The Bertz CT molecular complexity index is 1030. The van der Waals surface area contributed by atoms with Crippen LogP contribution < -0.4 is 5.32 Å². The van der Waals surface area contributed by atoms with Crippen molar-refractivity contribution in [3.8, 4) is 0 Å². The Kier molecular flexibility index (Phi) is 4.58. The average molecular weight is 402 g/mol. The highest BCUT2D eigenvalue weighted by Gasteiger charge is 2.46. The lowest BCUT2D eigenvalue weighted by Crippen LogP contribution is -2.43. The smallest absolute Gasteiger partial charge is 0.304 e. The van der Waals surface area contributed by atoms with Gasteiger partial charge in [-0.25, -0.2) is 13.8 Å². The summed E-state index contributed by atoms with van der Waals surface area (Å²) in [4.78, 5) is 28.8. The van der Waals surface area contributed by atoms with Crippen molar-refractivity contribution in [1.82, 2.24) is 10.3 Å². The Morgan fingerprint density at radius 1 is 1.14 bits per heavy atom. The fourth-order valence-electron chi connectivity index (χ4n) is 3.74. The Morgan fingerprint density at radius 2 is 1.79 bits per heavy atom. The monoisotopic (exact) mass is 402 g/mol. The largest absolute Gasteiger partial charge is 0.481 e. The fraction of sp³-hybridized carbons (Fsp3) is 0.250. The number of aliphatic carboxylic acids is 1. The molecule has 0 aliphatic heterocycles. The number of benzene rings is 2. The van der Waals surface area contributed by atoms with Crippen molar-refractivity contribution in [1.29, 1.82) is 0 Å². The van der Waals surface area contributed by atoms with E-state index < -0.39 is 35.3 Å². The molecular formula is C20H16F2N2O3S. The van der Waals surface area contributed by atoms with Crippen LogP contribution in [0.3, 0.4) is 0 Å². The lowest BCUT2D eigenvalue weighted by molar-refractivity contribution is -0.145. The fourth-order valence-corrected chi connectivity index (χ4v) is 4.65. The summed E-state index contributed by atoms with van der Waals surface area (Å²) < 4.78 is 28.1. The topological polar surface area (TPSA) is 79.3 Å². The molecule has 2 N–H and O–H groups in total. The SMILES string of the molecule is O=C(O)CC1(C(=O)NCc2nc3ccccc3s2)Cc2cc(F)c(F)cc2C1. The quantitative estimate of drug-likeness (QED) is 0.685. The van der Waals surface area contributed by atoms with E-state index in [4.69, 9.17) is 0 Å². The summed E-state index contributed by atoms with van der Waals surface area (Å²) in [6, 6.07) is 9.68. The molecule has 1 amide bonds. The van der Waals surface area contributed by atoms with Crippen LogP contribution in [0.1, 0.15) is 22.6 Å². The zero-order chi connectivity index (χ0) is 19.9. The van der Waals surface area contributed by atoms with E-state index in [0.29, 0.717) is 16.1 Å². The minimum Gasteiger partial charge on any atom is -0.481 e. The molecule has 144 valence electrons. The number of thiazole rings is 1. The first-order chi connectivity index (χ1) is 13.4. The van der Waals surface area contributed by atoms with Crippen LogP contribution in [0.4, 0.5) is 8.78 Å². The molecule has 2 aromatic carbocycles. The summed E-state index contributed by atoms with van der Waals surface area (Å²) in [6.45, 7) is 0.165. The highest BCUT2D eigenvalue weighted by Crippen LogP contribution is 2.41. The second-order valence-electron chi connectivity index (χ2n) is 7.00. The van der Waals surface area contributed by atoms with Crippen molar-refractivity contribution in [2.45, 2.75) is 25.8 Å². The van der Waals surface area contributed by atoms with Gasteiger partial charge in [0, 0.05) is 0 Å². The van der Waals surface area contributed by atoms with Gasteiger partial charge < -0.3 is 10.4 Å². The molecule has 4 rings (SSSR count). The van der Waals surface area contributed by atoms with Crippen LogP contribution in [0.25, 0.3) is 10.2 Å². The average Bonchev–Trinajstić information content (AvgIpc) is 3.20. The second kappa shape index (κ2) is 6.94. The molecular weight excluding hydrogens is 386 g/mol. The summed E-state index contributed by atoms with van der Waals surface area (Å²) in [5, 5.41) is 12.8. The maximum Gasteiger partial charge on any atom is 0.304 e. The van der Waals surface area contributed by atoms with Crippen molar-refractivity contribution in [3.63, 3.8) is 0 Å². The van der Waals surface area contributed by atoms with Crippen molar-refractivity contribution in [3.05, 3.63) is 64.2 Å². The van der Waals surface area contributed by atoms with Gasteiger partial charge in [-0.05, 0) is 48.2 Å². The van der Waals surface area contributed by atoms with Gasteiger partial charge in [-0.15, -0.1) is 11.3 Å². The van der Waals surface area contributed by atoms with Gasteiger partial charge in [-0.1, -0.05) is 12.1 Å². The van der Waals surface area contributed by atoms with E-state index in [1.807, 2.05) is 24.3 Å². The van der Waals surface area contributed by atoms with E-state index in [1.54, 1.807) is 0 Å². The number of amides is 1. The van der Waals surface area contributed by atoms with Gasteiger partial charge in [-0.2, -0.15) is 0 Å². The van der Waals surface area contributed by atoms with Crippen LogP contribution in [0.2, 0.25) is 0 Å². The number of para-hydroxylation sites is 1. The minimum atomic E-state index is -1.27. The van der Waals surface area contributed by atoms with E-state index >= 15 is 0 Å². The summed E-state index contributed by atoms with van der Waals surface area (Å²) in [5.74, 6) is -3.59. The number of carboxylic acid groups (broad SMARTS) is 1. The molecule has 28 heavy (non-hydrogen) atoms. The van der Waals surface area contributed by atoms with Gasteiger partial charge in [0.1, 0.15) is 5.01 Å². The number of carboxylic acids is 1. The van der Waals surface area contributed by atoms with Crippen molar-refractivity contribution >= 4 is 33.4 Å². The van der Waals surface area contributed by atoms with Crippen LogP contribution in [0, 0.1) is 17.0 Å². The molecule has 0 fully saturated rings. The standard InChI is InChI=1S/C20H16F2N2O3S/c21-13-5-11-7-20(9-18(25)26,8-12(11)6-14(13)22)19(27)23-10-17-24-15-3-1-2-4-16(15)28-17/h1-6H,7-10H2,(H,23,27)(H,25,26). The van der Waals surface area contributed by atoms with E-state index in [9.17, 15) is 23.5 Å². The van der Waals surface area contributed by atoms with Gasteiger partial charge in [0.2, 0.25) is 5.91 Å². The van der Waals surface area contributed by atoms with Gasteiger partial charge >= 0.3 is 5.97 Å². The van der Waals surface area contributed by atoms with Crippen LogP contribution >= 0.6 is 11.3 Å². The zero-order valence-corrected chi connectivity index (χ0v) is 15.5. The van der Waals surface area contributed by atoms with E-state index in [0.717, 1.165) is 22.3 Å². The molecule has 1 heterocycles. The molecule has 1 aliphatic carbocycles. The number of hydrogen-bond acceptors (Lipinski definition) is 4. The number of halogens is 2. The van der Waals surface area contributed by atoms with E-state index in [-0.39, 0.29) is 19.4 Å². The molecule has 0 spiro atoms. The number of carbonyl (C=O) groups is 2. The molecule has 8 heteroatoms. The predicted octanol–water partition coefficient (Wildman–Crippen LogP) is 3.45. The molecule has 0 saturated heterocycles. The Labute approximate surface area is 163 Å². The zero-order valence-electron chi connectivity index (χ0n) is 14.7. The maximum absolute atomic E-state index is 13.6. The van der Waals surface area contributed by atoms with Crippen LogP contribution in [0.15, 0.2) is 36.4 Å². The first-order valence-corrected chi connectivity index (χ1v) is 9.49. The molecule has 0 radical (unpaired) electrons. The Hall–Kier alpha value is -2.87. The number of carbonyl (C=O) groups excluding carboxylic acids is 1. The summed E-state index contributed by atoms with van der Waals surface area (Å²) >= 11 is 1.44. The number of nitrogens with one attached hydrogen (secondary N) is 1. The molecule has 0 saturated carbocycles. The van der Waals surface area contributed by atoms with Crippen LogP contribution in [-0.4, -0.2) is 22.0 Å². The molecule has 0 atom stereocenters. The molecule has 5 nitrogen and oxygen atoms in total. The van der Waals surface area contributed by atoms with Gasteiger partial charge in [0.25, 0.3) is 0 Å². The summed E-state index contributed by atoms with van der Waals surface area (Å²) in [5.41, 5.74) is 0.493. The van der Waals surface area contributed by atoms with Crippen molar-refractivity contribution in [2.24, 2.45) is 5.41 Å². The molecule has 1 aromatic heterocycles. The van der Waals surface area contributed by atoms with E-state index in [2.05, 4.69) is 10.3 Å². The number of aromatic nitrogens is 1. The van der Waals surface area contributed by atoms with Crippen molar-refractivity contribution in [2.75, 3.05) is 0 Å². The molecule has 1 aliphatic rings. The Balaban J connectivity index is 1.56. The summed E-state index contributed by atoms with van der Waals surface area (Å²) in [6.07, 6.45) is -0.314. The number of hydrogen-bond donors (Lipinski definition) is 2. The molecule has 3 aromatic rings. The lowest BCUT2D eigenvalue weighted by atomic mass is 9.80. The number of rotatable bonds is 5. The number of fused-ring (bicyclic) bond motifs is 2. The maximum atomic E-state index is 13.6. The first-order valence-electron chi connectivity index (χ1n) is 8.68. The molecule has 0 bridgehead atoms. The van der Waals surface area contributed by atoms with E-state index in [1.165, 1.54) is 11.3 Å². The third-order valence-corrected chi connectivity index (χ3v) is 6.05. The van der Waals surface area contributed by atoms with Crippen LogP contribution in [0.5, 0.6) is 0 Å². The third kappa shape index (κ3) is 3.35. The minimum absolute atomic E-state index is 0.0531. The normalized spacial score (nSPS) is 14.8. The summed E-state index contributed by atoms with van der Waals surface area (Å²) in [7, 11) is 0. The van der Waals surface area contributed by atoms with Gasteiger partial charge in [0.15, 0.2) is 11.6 Å². The van der Waals surface area contributed by atoms with Crippen LogP contribution in [-0.2, 0) is 29.0 Å². The lowest BCUT2D eigenvalue weighted by Gasteiger charge is -2.25. The first kappa shape index (κ1) is 18.5. The number of nitrogens with zero attached hydrogens (tertiary/aromatic N) is 1. The Morgan fingerprint density at radius 3 is 2.39 bits per heavy atom. The highest BCUT2D eigenvalue weighted by atomic mass is 32.1. The predicted molar refractivity (Wildman–Crippen MR) is 99.9 cm³/mol. The second-order valence-corrected chi connectivity index (χ2v) is 8.11. The molecule has 0 unspecified atom stereocenters. The van der Waals surface area contributed by atoms with Gasteiger partial charge in [-0.3, -0.25) is 9.59 Å². The highest BCUT2D eigenvalue weighted by molar-refractivity contribution is 7.18. The third-order valence-electron chi connectivity index (χ3n) is 5.01.